The molecular formula is C17H27NO. The van der Waals surface area contributed by atoms with Gasteiger partial charge in [0, 0.05) is 12.1 Å². The lowest BCUT2D eigenvalue weighted by atomic mass is 9.98. The van der Waals surface area contributed by atoms with Crippen molar-refractivity contribution in [2.24, 2.45) is 5.92 Å². The largest absolute Gasteiger partial charge is 0.352 e. The Hall–Kier alpha value is -1.31. The first-order valence-electron chi connectivity index (χ1n) is 7.43. The van der Waals surface area contributed by atoms with E-state index in [9.17, 15) is 4.79 Å². The molecule has 0 aliphatic rings. The highest BCUT2D eigenvalue weighted by Crippen LogP contribution is 2.13. The Morgan fingerprint density at radius 1 is 1.05 bits per heavy atom. The normalized spacial score (nSPS) is 10.8. The van der Waals surface area contributed by atoms with Gasteiger partial charge in [0.1, 0.15) is 0 Å². The van der Waals surface area contributed by atoms with E-state index in [1.807, 2.05) is 26.0 Å². The van der Waals surface area contributed by atoms with Gasteiger partial charge in [0.25, 0.3) is 5.91 Å². The summed E-state index contributed by atoms with van der Waals surface area (Å²) < 4.78 is 0. The van der Waals surface area contributed by atoms with Gasteiger partial charge in [-0.3, -0.25) is 4.79 Å². The minimum atomic E-state index is 0.0593. The van der Waals surface area contributed by atoms with Gasteiger partial charge >= 0.3 is 0 Å². The van der Waals surface area contributed by atoms with Crippen LogP contribution in [-0.2, 0) is 0 Å². The number of nitrogens with one attached hydrogen (secondary N) is 1. The summed E-state index contributed by atoms with van der Waals surface area (Å²) in [6.07, 6.45) is 4.76. The molecule has 1 amide bonds. The predicted molar refractivity (Wildman–Crippen MR) is 81.6 cm³/mol. The van der Waals surface area contributed by atoms with E-state index in [1.165, 1.54) is 25.7 Å². The fourth-order valence-corrected chi connectivity index (χ4v) is 2.61. The average Bonchev–Trinajstić information content (AvgIpc) is 2.35. The van der Waals surface area contributed by atoms with Crippen molar-refractivity contribution in [2.75, 3.05) is 6.54 Å². The van der Waals surface area contributed by atoms with Crippen LogP contribution in [0.4, 0.5) is 0 Å². The third-order valence-electron chi connectivity index (χ3n) is 3.43. The van der Waals surface area contributed by atoms with Gasteiger partial charge in [0.2, 0.25) is 0 Å². The van der Waals surface area contributed by atoms with Crippen LogP contribution in [0, 0.1) is 19.8 Å². The third-order valence-corrected chi connectivity index (χ3v) is 3.43. The van der Waals surface area contributed by atoms with Gasteiger partial charge < -0.3 is 5.32 Å². The van der Waals surface area contributed by atoms with Crippen molar-refractivity contribution < 1.29 is 4.79 Å². The second-order valence-electron chi connectivity index (χ2n) is 5.53. The van der Waals surface area contributed by atoms with Crippen LogP contribution in [0.3, 0.4) is 0 Å². The van der Waals surface area contributed by atoms with Gasteiger partial charge in [-0.05, 0) is 44.7 Å². The Bertz CT molecular complexity index is 385. The van der Waals surface area contributed by atoms with Crippen LogP contribution in [0.5, 0.6) is 0 Å². The molecule has 19 heavy (non-hydrogen) atoms. The molecule has 1 aromatic carbocycles. The molecule has 1 rings (SSSR count). The molecule has 0 spiro atoms. The highest BCUT2D eigenvalue weighted by molar-refractivity contribution is 5.94. The first-order valence-corrected chi connectivity index (χ1v) is 7.43. The number of carbonyl (C=O) groups excluding carboxylic acids is 1. The van der Waals surface area contributed by atoms with Gasteiger partial charge in [-0.15, -0.1) is 0 Å². The summed E-state index contributed by atoms with van der Waals surface area (Å²) in [5, 5.41) is 3.08. The first-order chi connectivity index (χ1) is 9.06. The Morgan fingerprint density at radius 3 is 2.05 bits per heavy atom. The molecule has 0 bridgehead atoms. The summed E-state index contributed by atoms with van der Waals surface area (Å²) >= 11 is 0. The fraction of sp³-hybridized carbons (Fsp3) is 0.588. The van der Waals surface area contributed by atoms with E-state index in [2.05, 4.69) is 25.2 Å². The topological polar surface area (TPSA) is 29.1 Å². The second-order valence-corrected chi connectivity index (χ2v) is 5.53. The Morgan fingerprint density at radius 2 is 1.58 bits per heavy atom. The Labute approximate surface area is 117 Å². The van der Waals surface area contributed by atoms with Crippen molar-refractivity contribution in [1.82, 2.24) is 5.32 Å². The van der Waals surface area contributed by atoms with Gasteiger partial charge in [-0.1, -0.05) is 43.9 Å². The lowest BCUT2D eigenvalue weighted by Gasteiger charge is -2.16. The molecule has 0 unspecified atom stereocenters. The molecule has 0 saturated carbocycles. The van der Waals surface area contributed by atoms with Crippen molar-refractivity contribution in [2.45, 2.75) is 53.4 Å². The number of aryl methyl sites for hydroxylation is 2. The molecule has 0 saturated heterocycles. The van der Waals surface area contributed by atoms with Crippen LogP contribution in [0.15, 0.2) is 18.2 Å². The van der Waals surface area contributed by atoms with E-state index in [1.54, 1.807) is 0 Å². The molecule has 1 aromatic rings. The standard InChI is InChI=1S/C17H27NO/c1-5-7-15(8-6-2)12-18-17(19)16-10-13(3)9-14(4)11-16/h9-11,15H,5-8,12H2,1-4H3,(H,18,19). The molecule has 0 aliphatic carbocycles. The van der Waals surface area contributed by atoms with E-state index < -0.39 is 0 Å². The lowest BCUT2D eigenvalue weighted by molar-refractivity contribution is 0.0945. The van der Waals surface area contributed by atoms with Crippen LogP contribution >= 0.6 is 0 Å². The molecule has 2 nitrogen and oxygen atoms in total. The molecule has 106 valence electrons. The molecule has 0 aliphatic heterocycles. The van der Waals surface area contributed by atoms with Crippen LogP contribution in [0.2, 0.25) is 0 Å². The van der Waals surface area contributed by atoms with Crippen molar-refractivity contribution in [3.05, 3.63) is 34.9 Å². The van der Waals surface area contributed by atoms with E-state index >= 15 is 0 Å². The zero-order valence-electron chi connectivity index (χ0n) is 12.8. The molecule has 1 N–H and O–H groups in total. The molecule has 2 heteroatoms. The summed E-state index contributed by atoms with van der Waals surface area (Å²) in [4.78, 5) is 12.2. The van der Waals surface area contributed by atoms with Crippen molar-refractivity contribution >= 4 is 5.91 Å². The lowest BCUT2D eigenvalue weighted by Crippen LogP contribution is -2.29. The molecular weight excluding hydrogens is 234 g/mol. The zero-order valence-corrected chi connectivity index (χ0v) is 12.8. The Kier molecular flexibility index (Phi) is 6.61. The number of carbonyl (C=O) groups is 1. The van der Waals surface area contributed by atoms with Gasteiger partial charge in [0.15, 0.2) is 0 Å². The summed E-state index contributed by atoms with van der Waals surface area (Å²) in [6, 6.07) is 6.00. The van der Waals surface area contributed by atoms with Crippen LogP contribution in [0.25, 0.3) is 0 Å². The van der Waals surface area contributed by atoms with E-state index in [-0.39, 0.29) is 5.91 Å². The number of amides is 1. The highest BCUT2D eigenvalue weighted by atomic mass is 16.1. The summed E-state index contributed by atoms with van der Waals surface area (Å²) in [6.45, 7) is 9.26. The molecule has 0 aromatic heterocycles. The quantitative estimate of drug-likeness (QED) is 0.781. The van der Waals surface area contributed by atoms with Crippen LogP contribution in [0.1, 0.15) is 61.0 Å². The summed E-state index contributed by atoms with van der Waals surface area (Å²) in [5.41, 5.74) is 3.07. The van der Waals surface area contributed by atoms with Gasteiger partial charge in [-0.2, -0.15) is 0 Å². The highest BCUT2D eigenvalue weighted by Gasteiger charge is 2.11. The maximum atomic E-state index is 12.2. The SMILES string of the molecule is CCCC(CCC)CNC(=O)c1cc(C)cc(C)c1. The van der Waals surface area contributed by atoms with Crippen molar-refractivity contribution in [3.8, 4) is 0 Å². The Balaban J connectivity index is 2.58. The van der Waals surface area contributed by atoms with E-state index in [4.69, 9.17) is 0 Å². The van der Waals surface area contributed by atoms with Crippen molar-refractivity contribution in [1.29, 1.82) is 0 Å². The average molecular weight is 261 g/mol. The maximum Gasteiger partial charge on any atom is 0.251 e. The number of rotatable bonds is 7. The van der Waals surface area contributed by atoms with Gasteiger partial charge in [0.05, 0.1) is 0 Å². The summed E-state index contributed by atoms with van der Waals surface area (Å²) in [5.74, 6) is 0.675. The zero-order chi connectivity index (χ0) is 14.3. The molecule has 0 radical (unpaired) electrons. The van der Waals surface area contributed by atoms with E-state index in [0.717, 1.165) is 23.2 Å². The molecule has 0 fully saturated rings. The first kappa shape index (κ1) is 15.7. The predicted octanol–water partition coefficient (Wildman–Crippen LogP) is 4.25. The fourth-order valence-electron chi connectivity index (χ4n) is 2.61. The number of hydrogen-bond acceptors (Lipinski definition) is 1. The second kappa shape index (κ2) is 7.98. The molecule has 0 heterocycles. The molecule has 0 atom stereocenters. The number of hydrogen-bond donors (Lipinski definition) is 1. The monoisotopic (exact) mass is 261 g/mol. The van der Waals surface area contributed by atoms with Crippen molar-refractivity contribution in [3.63, 3.8) is 0 Å². The maximum absolute atomic E-state index is 12.2. The number of benzene rings is 1. The van der Waals surface area contributed by atoms with E-state index in [0.29, 0.717) is 5.92 Å². The minimum Gasteiger partial charge on any atom is -0.352 e. The summed E-state index contributed by atoms with van der Waals surface area (Å²) in [7, 11) is 0. The third kappa shape index (κ3) is 5.46. The van der Waals surface area contributed by atoms with Crippen LogP contribution < -0.4 is 5.32 Å². The minimum absolute atomic E-state index is 0.0593. The van der Waals surface area contributed by atoms with Gasteiger partial charge in [-0.25, -0.2) is 0 Å². The smallest absolute Gasteiger partial charge is 0.251 e. The van der Waals surface area contributed by atoms with Crippen LogP contribution in [-0.4, -0.2) is 12.5 Å².